The summed E-state index contributed by atoms with van der Waals surface area (Å²) in [6.45, 7) is 0. The molecule has 104 valence electrons. The topological polar surface area (TPSA) is 141 Å². The predicted octanol–water partition coefficient (Wildman–Crippen LogP) is 1.56. The van der Waals surface area contributed by atoms with Crippen LogP contribution in [-0.2, 0) is 9.13 Å². The summed E-state index contributed by atoms with van der Waals surface area (Å²) < 4.78 is 25.1. The summed E-state index contributed by atoms with van der Waals surface area (Å²) in [5.41, 5.74) is 0.792. The molecule has 4 N–H and O–H groups in total. The molecule has 11 heteroatoms. The van der Waals surface area contributed by atoms with Crippen LogP contribution in [0.2, 0.25) is 0 Å². The fraction of sp³-hybridized carbons (Fsp3) is 0.125. The lowest BCUT2D eigenvalue weighted by atomic mass is 10.3. The molecule has 0 aliphatic carbocycles. The lowest BCUT2D eigenvalue weighted by molar-refractivity contribution is 0.351. The van der Waals surface area contributed by atoms with Gasteiger partial charge in [-0.25, -0.2) is 4.98 Å². The van der Waals surface area contributed by atoms with E-state index < -0.39 is 19.9 Å². The summed E-state index contributed by atoms with van der Waals surface area (Å²) in [5.74, 6) is 0. The van der Waals surface area contributed by atoms with E-state index >= 15 is 0 Å². The largest absolute Gasteiger partial charge is 0.431 e. The van der Waals surface area contributed by atoms with Crippen molar-refractivity contribution in [3.05, 3.63) is 24.3 Å². The lowest BCUT2D eigenvalue weighted by Crippen LogP contribution is -2.04. The Morgan fingerprint density at radius 1 is 1.11 bits per heavy atom. The van der Waals surface area contributed by atoms with Crippen molar-refractivity contribution in [1.29, 1.82) is 0 Å². The molecule has 1 aromatic heterocycles. The van der Waals surface area contributed by atoms with E-state index in [2.05, 4.69) is 4.98 Å². The molecule has 1 heterocycles. The number of thioether (sulfide) groups is 1. The molecule has 0 spiro atoms. The maximum Gasteiger partial charge on any atom is 0.351 e. The summed E-state index contributed by atoms with van der Waals surface area (Å²) in [5, 5.41) is -0.210. The fourth-order valence-corrected chi connectivity index (χ4v) is 5.00. The minimum absolute atomic E-state index is 0.210. The molecule has 8 nitrogen and oxygen atoms in total. The van der Waals surface area contributed by atoms with Gasteiger partial charge in [-0.15, -0.1) is 0 Å². The Morgan fingerprint density at radius 3 is 2.21 bits per heavy atom. The van der Waals surface area contributed by atoms with Gasteiger partial charge in [0.2, 0.25) is 4.73 Å². The van der Waals surface area contributed by atoms with Crippen molar-refractivity contribution in [3.63, 3.8) is 0 Å². The highest BCUT2D eigenvalue weighted by Crippen LogP contribution is 2.65. The number of hydrogen-bond acceptors (Lipinski definition) is 5. The molecule has 0 fully saturated rings. The highest BCUT2D eigenvalue weighted by Gasteiger charge is 2.45. The lowest BCUT2D eigenvalue weighted by Gasteiger charge is -2.16. The molecule has 1 aromatic carbocycles. The van der Waals surface area contributed by atoms with Gasteiger partial charge >= 0.3 is 15.2 Å². The van der Waals surface area contributed by atoms with Crippen molar-refractivity contribution in [2.75, 3.05) is 0 Å². The molecule has 0 bridgehead atoms. The minimum Gasteiger partial charge on any atom is -0.431 e. The van der Waals surface area contributed by atoms with E-state index in [9.17, 15) is 9.13 Å². The zero-order valence-electron chi connectivity index (χ0n) is 9.15. The van der Waals surface area contributed by atoms with Gasteiger partial charge in [-0.05, 0) is 23.9 Å². The number of fused-ring (bicyclic) bond motifs is 1. The molecule has 0 aliphatic heterocycles. The maximum atomic E-state index is 11.1. The highest BCUT2D eigenvalue weighted by atomic mass is 32.2. The molecule has 0 aliphatic rings. The number of benzene rings is 1. The van der Waals surface area contributed by atoms with Crippen molar-refractivity contribution in [3.8, 4) is 0 Å². The smallest absolute Gasteiger partial charge is 0.351 e. The molecule has 19 heavy (non-hydrogen) atoms. The first-order valence-electron chi connectivity index (χ1n) is 4.80. The Labute approximate surface area is 111 Å². The van der Waals surface area contributed by atoms with Gasteiger partial charge in [0.05, 0.1) is 0 Å². The number of para-hydroxylation sites is 2. The van der Waals surface area contributed by atoms with Crippen LogP contribution >= 0.6 is 27.0 Å². The van der Waals surface area contributed by atoms with Crippen molar-refractivity contribution >= 4 is 38.1 Å². The monoisotopic (exact) mass is 325 g/mol. The highest BCUT2D eigenvalue weighted by molar-refractivity contribution is 8.12. The Morgan fingerprint density at radius 2 is 1.68 bits per heavy atom. The van der Waals surface area contributed by atoms with Crippen molar-refractivity contribution in [2.45, 2.75) is 9.95 Å². The molecule has 2 aromatic rings. The number of rotatable bonds is 4. The normalized spacial score (nSPS) is 13.3. The number of hydrogen-bond donors (Lipinski definition) is 4. The van der Waals surface area contributed by atoms with Gasteiger partial charge in [0, 0.05) is 0 Å². The molecule has 0 amide bonds. The van der Waals surface area contributed by atoms with Gasteiger partial charge in [-0.3, -0.25) is 9.13 Å². The quantitative estimate of drug-likeness (QED) is 0.486. The average Bonchev–Trinajstić information content (AvgIpc) is 2.65. The Bertz CT molecular complexity index is 634. The van der Waals surface area contributed by atoms with Crippen LogP contribution in [0.25, 0.3) is 11.1 Å². The van der Waals surface area contributed by atoms with Crippen LogP contribution in [0.1, 0.15) is 0 Å². The Kier molecular flexibility index (Phi) is 3.90. The van der Waals surface area contributed by atoms with Gasteiger partial charge in [-0.1, -0.05) is 12.1 Å². The molecular weight excluding hydrogens is 316 g/mol. The van der Waals surface area contributed by atoms with Crippen LogP contribution in [0.15, 0.2) is 33.9 Å². The second-order valence-corrected chi connectivity index (χ2v) is 9.12. The molecule has 0 saturated carbocycles. The summed E-state index contributed by atoms with van der Waals surface area (Å²) >= 11 is 0.224. The van der Waals surface area contributed by atoms with Crippen LogP contribution in [0, 0.1) is 0 Å². The van der Waals surface area contributed by atoms with E-state index in [1.165, 1.54) is 0 Å². The summed E-state index contributed by atoms with van der Waals surface area (Å²) in [7, 11) is -10.0. The van der Waals surface area contributed by atoms with E-state index in [4.69, 9.17) is 24.0 Å². The van der Waals surface area contributed by atoms with Crippen LogP contribution in [-0.4, -0.2) is 29.3 Å². The third-order valence-corrected chi connectivity index (χ3v) is 7.88. The fourth-order valence-electron chi connectivity index (χ4n) is 1.32. The van der Waals surface area contributed by atoms with Crippen molar-refractivity contribution in [1.82, 2.24) is 4.98 Å². The first kappa shape index (κ1) is 14.7. The molecular formula is C8H9NO7P2S. The van der Waals surface area contributed by atoms with Crippen molar-refractivity contribution < 1.29 is 33.1 Å². The average molecular weight is 325 g/mol. The molecule has 0 atom stereocenters. The van der Waals surface area contributed by atoms with E-state index in [0.29, 0.717) is 11.1 Å². The SMILES string of the molecule is O=P(O)(O)C(Sc1nc2ccccc2o1)P(=O)(O)O. The van der Waals surface area contributed by atoms with Crippen LogP contribution in [0.5, 0.6) is 0 Å². The molecule has 0 saturated heterocycles. The zero-order chi connectivity index (χ0) is 14.3. The van der Waals surface area contributed by atoms with Crippen LogP contribution in [0.3, 0.4) is 0 Å². The molecule has 0 radical (unpaired) electrons. The van der Waals surface area contributed by atoms with Gasteiger partial charge in [-0.2, -0.15) is 0 Å². The second kappa shape index (κ2) is 5.03. The third kappa shape index (κ3) is 3.46. The molecule has 2 rings (SSSR count). The number of oxazole rings is 1. The van der Waals surface area contributed by atoms with Gasteiger partial charge in [0.1, 0.15) is 5.52 Å². The summed E-state index contributed by atoms with van der Waals surface area (Å²) in [6.07, 6.45) is 0. The van der Waals surface area contributed by atoms with Gasteiger partial charge in [0.15, 0.2) is 5.58 Å². The number of aromatic nitrogens is 1. The standard InChI is InChI=1S/C8H9NO7P2S/c10-17(11,12)8(18(13,14)15)19-7-9-5-3-1-2-4-6(5)16-7/h1-4,8H,(H2,10,11,12)(H2,13,14,15). The van der Waals surface area contributed by atoms with Crippen LogP contribution < -0.4 is 0 Å². The molecule has 0 unspecified atom stereocenters. The van der Waals surface area contributed by atoms with E-state index in [1.54, 1.807) is 24.3 Å². The third-order valence-electron chi connectivity index (χ3n) is 2.06. The first-order valence-corrected chi connectivity index (χ1v) is 9.05. The zero-order valence-corrected chi connectivity index (χ0v) is 11.8. The minimum atomic E-state index is -5.01. The second-order valence-electron chi connectivity index (χ2n) is 3.57. The first-order chi connectivity index (χ1) is 8.68. The van der Waals surface area contributed by atoms with Gasteiger partial charge < -0.3 is 24.0 Å². The van der Waals surface area contributed by atoms with E-state index in [1.807, 2.05) is 0 Å². The summed E-state index contributed by atoms with van der Waals surface area (Å²) in [6, 6.07) is 6.54. The van der Waals surface area contributed by atoms with Gasteiger partial charge in [0.25, 0.3) is 5.22 Å². The van der Waals surface area contributed by atoms with E-state index in [0.717, 1.165) is 0 Å². The summed E-state index contributed by atoms with van der Waals surface area (Å²) in [4.78, 5) is 39.8. The van der Waals surface area contributed by atoms with Crippen molar-refractivity contribution in [2.24, 2.45) is 0 Å². The number of nitrogens with zero attached hydrogens (tertiary/aromatic N) is 1. The maximum absolute atomic E-state index is 11.1. The Hall–Kier alpha value is -0.660. The predicted molar refractivity (Wildman–Crippen MR) is 67.7 cm³/mol. The van der Waals surface area contributed by atoms with Crippen LogP contribution in [0.4, 0.5) is 0 Å². The Balaban J connectivity index is 2.37. The van der Waals surface area contributed by atoms with E-state index in [-0.39, 0.29) is 17.0 Å².